The number of allylic oxidation sites excluding steroid dienone is 1. The number of furan rings is 1. The van der Waals surface area contributed by atoms with Crippen LogP contribution in [-0.4, -0.2) is 24.3 Å². The van der Waals surface area contributed by atoms with Gasteiger partial charge >= 0.3 is 5.97 Å². The molecular weight excluding hydrogens is 547 g/mol. The number of rotatable bonds is 6. The molecule has 4 aromatic rings. The molecule has 1 aliphatic rings. The number of halogens is 2. The van der Waals surface area contributed by atoms with Crippen LogP contribution in [0.25, 0.3) is 17.4 Å². The zero-order chi connectivity index (χ0) is 27.0. The van der Waals surface area contributed by atoms with Crippen LogP contribution in [0.5, 0.6) is 5.75 Å². The van der Waals surface area contributed by atoms with Crippen LogP contribution in [0.15, 0.2) is 80.1 Å². The number of carbonyl (C=O) groups is 1. The summed E-state index contributed by atoms with van der Waals surface area (Å²) < 4.78 is 18.9. The molecule has 0 spiro atoms. The lowest BCUT2D eigenvalue weighted by Gasteiger charge is -2.22. The molecule has 1 atom stereocenters. The molecule has 0 fully saturated rings. The van der Waals surface area contributed by atoms with Crippen molar-refractivity contribution < 1.29 is 18.7 Å². The molecule has 194 valence electrons. The molecule has 0 radical (unpaired) electrons. The molecular formula is C28H22Cl2N2O5S. The minimum absolute atomic E-state index is 0.174. The number of hydrogen-bond acceptors (Lipinski definition) is 7. The van der Waals surface area contributed by atoms with Crippen molar-refractivity contribution in [1.29, 1.82) is 0 Å². The van der Waals surface area contributed by atoms with E-state index in [4.69, 9.17) is 37.1 Å². The Kier molecular flexibility index (Phi) is 7.29. The van der Waals surface area contributed by atoms with Crippen molar-refractivity contribution in [3.05, 3.63) is 107 Å². The molecule has 10 heteroatoms. The Labute approximate surface area is 231 Å². The summed E-state index contributed by atoms with van der Waals surface area (Å²) in [5.41, 5.74) is 1.82. The minimum Gasteiger partial charge on any atom is -0.496 e. The van der Waals surface area contributed by atoms with Crippen molar-refractivity contribution in [2.75, 3.05) is 13.7 Å². The van der Waals surface area contributed by atoms with Gasteiger partial charge in [-0.05, 0) is 56.3 Å². The Morgan fingerprint density at radius 3 is 2.68 bits per heavy atom. The van der Waals surface area contributed by atoms with Gasteiger partial charge in [0.25, 0.3) is 5.56 Å². The van der Waals surface area contributed by atoms with E-state index < -0.39 is 12.0 Å². The standard InChI is InChI=1S/C28H22Cl2N2O5S/c1-4-36-27(34)24-15(2)31-28-32(26(33)23(38-28)14-16-7-5-6-8-20(16)35-3)25(24)22-12-11-21(37-22)17-9-10-18(29)19(30)13-17/h5-14,25H,4H2,1-3H3/b23-14-/t25-/m1/s1. The van der Waals surface area contributed by atoms with Gasteiger partial charge in [0.05, 0.1) is 39.6 Å². The molecule has 2 aromatic carbocycles. The average Bonchev–Trinajstić information content (AvgIpc) is 3.50. The van der Waals surface area contributed by atoms with Crippen LogP contribution in [0.2, 0.25) is 10.0 Å². The highest BCUT2D eigenvalue weighted by Gasteiger charge is 2.35. The Bertz CT molecular complexity index is 1770. The first-order valence-electron chi connectivity index (χ1n) is 11.7. The summed E-state index contributed by atoms with van der Waals surface area (Å²) in [5.74, 6) is 0.960. The maximum absolute atomic E-state index is 13.8. The van der Waals surface area contributed by atoms with Crippen molar-refractivity contribution >= 4 is 46.6 Å². The van der Waals surface area contributed by atoms with E-state index in [1.54, 1.807) is 57.4 Å². The maximum atomic E-state index is 13.8. The van der Waals surface area contributed by atoms with Crippen molar-refractivity contribution in [3.63, 3.8) is 0 Å². The lowest BCUT2D eigenvalue weighted by molar-refractivity contribution is -0.139. The summed E-state index contributed by atoms with van der Waals surface area (Å²) in [6.45, 7) is 3.62. The Hall–Kier alpha value is -3.59. The van der Waals surface area contributed by atoms with E-state index in [-0.39, 0.29) is 17.7 Å². The highest BCUT2D eigenvalue weighted by atomic mass is 35.5. The zero-order valence-corrected chi connectivity index (χ0v) is 23.0. The average molecular weight is 569 g/mol. The predicted molar refractivity (Wildman–Crippen MR) is 148 cm³/mol. The highest BCUT2D eigenvalue weighted by Crippen LogP contribution is 2.35. The van der Waals surface area contributed by atoms with Gasteiger partial charge in [-0.2, -0.15) is 0 Å². The van der Waals surface area contributed by atoms with Crippen LogP contribution in [0.4, 0.5) is 0 Å². The quantitative estimate of drug-likeness (QED) is 0.292. The molecule has 2 aromatic heterocycles. The molecule has 0 saturated heterocycles. The van der Waals surface area contributed by atoms with Crippen LogP contribution in [0.3, 0.4) is 0 Å². The molecule has 0 aliphatic carbocycles. The van der Waals surface area contributed by atoms with Gasteiger partial charge in [0.15, 0.2) is 4.80 Å². The highest BCUT2D eigenvalue weighted by molar-refractivity contribution is 7.07. The summed E-state index contributed by atoms with van der Waals surface area (Å²) in [6.07, 6.45) is 1.76. The van der Waals surface area contributed by atoms with Crippen molar-refractivity contribution in [1.82, 2.24) is 4.57 Å². The SMILES string of the molecule is CCOC(=O)C1=C(C)N=c2s/c(=C\c3ccccc3OC)c(=O)n2[C@@H]1c1ccc(-c2ccc(Cl)c(Cl)c2)o1. The smallest absolute Gasteiger partial charge is 0.338 e. The van der Waals surface area contributed by atoms with E-state index in [9.17, 15) is 9.59 Å². The topological polar surface area (TPSA) is 83.0 Å². The summed E-state index contributed by atoms with van der Waals surface area (Å²) in [5, 5.41) is 0.807. The van der Waals surface area contributed by atoms with E-state index in [1.165, 1.54) is 15.9 Å². The van der Waals surface area contributed by atoms with Gasteiger partial charge < -0.3 is 13.9 Å². The summed E-state index contributed by atoms with van der Waals surface area (Å²) in [4.78, 5) is 31.9. The van der Waals surface area contributed by atoms with E-state index in [0.29, 0.717) is 47.9 Å². The van der Waals surface area contributed by atoms with Crippen LogP contribution in [0.1, 0.15) is 31.2 Å². The number of carbonyl (C=O) groups excluding carboxylic acids is 1. The van der Waals surface area contributed by atoms with Gasteiger partial charge in [0, 0.05) is 11.1 Å². The normalized spacial score (nSPS) is 15.3. The second-order valence-electron chi connectivity index (χ2n) is 8.38. The number of methoxy groups -OCH3 is 1. The number of fused-ring (bicyclic) bond motifs is 1. The third-order valence-electron chi connectivity index (χ3n) is 6.04. The first-order chi connectivity index (χ1) is 18.3. The Balaban J connectivity index is 1.70. The largest absolute Gasteiger partial charge is 0.496 e. The van der Waals surface area contributed by atoms with E-state index in [2.05, 4.69) is 4.99 Å². The molecule has 1 aliphatic heterocycles. The number of ether oxygens (including phenoxy) is 2. The minimum atomic E-state index is -0.873. The fourth-order valence-electron chi connectivity index (χ4n) is 4.29. The number of para-hydroxylation sites is 1. The number of hydrogen-bond donors (Lipinski definition) is 0. The van der Waals surface area contributed by atoms with E-state index in [0.717, 1.165) is 5.56 Å². The van der Waals surface area contributed by atoms with Gasteiger partial charge in [0.1, 0.15) is 23.3 Å². The van der Waals surface area contributed by atoms with Crippen molar-refractivity contribution in [2.45, 2.75) is 19.9 Å². The van der Waals surface area contributed by atoms with Gasteiger partial charge in [-0.25, -0.2) is 9.79 Å². The third kappa shape index (κ3) is 4.71. The number of thiazole rings is 1. The number of nitrogens with zero attached hydrogens (tertiary/aromatic N) is 2. The van der Waals surface area contributed by atoms with E-state index >= 15 is 0 Å². The van der Waals surface area contributed by atoms with Crippen LogP contribution in [-0.2, 0) is 9.53 Å². The number of aromatic nitrogens is 1. The lowest BCUT2D eigenvalue weighted by Crippen LogP contribution is -2.39. The van der Waals surface area contributed by atoms with Crippen LogP contribution < -0.4 is 19.6 Å². The number of esters is 1. The molecule has 5 rings (SSSR count). The third-order valence-corrected chi connectivity index (χ3v) is 7.76. The zero-order valence-electron chi connectivity index (χ0n) is 20.7. The second kappa shape index (κ2) is 10.6. The summed E-state index contributed by atoms with van der Waals surface area (Å²) >= 11 is 13.5. The first kappa shape index (κ1) is 26.0. The van der Waals surface area contributed by atoms with E-state index in [1.807, 2.05) is 24.3 Å². The molecule has 0 N–H and O–H groups in total. The van der Waals surface area contributed by atoms with Crippen LogP contribution >= 0.6 is 34.5 Å². The fourth-order valence-corrected chi connectivity index (χ4v) is 5.63. The lowest BCUT2D eigenvalue weighted by atomic mass is 10.0. The summed E-state index contributed by atoms with van der Waals surface area (Å²) in [7, 11) is 1.57. The Morgan fingerprint density at radius 2 is 1.95 bits per heavy atom. The van der Waals surface area contributed by atoms with Crippen molar-refractivity contribution in [3.8, 4) is 17.1 Å². The Morgan fingerprint density at radius 1 is 1.16 bits per heavy atom. The van der Waals surface area contributed by atoms with Crippen molar-refractivity contribution in [2.24, 2.45) is 4.99 Å². The van der Waals surface area contributed by atoms with Gasteiger partial charge in [-0.15, -0.1) is 0 Å². The molecule has 0 saturated carbocycles. The summed E-state index contributed by atoms with van der Waals surface area (Å²) in [6, 6.07) is 15.2. The maximum Gasteiger partial charge on any atom is 0.338 e. The molecule has 0 amide bonds. The molecule has 0 unspecified atom stereocenters. The van der Waals surface area contributed by atoms with Gasteiger partial charge in [0.2, 0.25) is 0 Å². The first-order valence-corrected chi connectivity index (χ1v) is 13.3. The molecule has 0 bridgehead atoms. The molecule has 7 nitrogen and oxygen atoms in total. The fraction of sp³-hybridized carbons (Fsp3) is 0.179. The van der Waals surface area contributed by atoms with Crippen LogP contribution in [0, 0.1) is 0 Å². The van der Waals surface area contributed by atoms with Gasteiger partial charge in [-0.1, -0.05) is 52.7 Å². The monoisotopic (exact) mass is 568 g/mol. The number of benzene rings is 2. The molecule has 3 heterocycles. The molecule has 38 heavy (non-hydrogen) atoms. The second-order valence-corrected chi connectivity index (χ2v) is 10.2. The van der Waals surface area contributed by atoms with Gasteiger partial charge in [-0.3, -0.25) is 9.36 Å². The predicted octanol–water partition coefficient (Wildman–Crippen LogP) is 5.37.